The number of amides is 2. The Labute approximate surface area is 192 Å². The van der Waals surface area contributed by atoms with Crippen molar-refractivity contribution in [2.75, 3.05) is 37.2 Å². The highest BCUT2D eigenvalue weighted by Crippen LogP contribution is 2.17. The second-order valence-corrected chi connectivity index (χ2v) is 9.10. The van der Waals surface area contributed by atoms with E-state index < -0.39 is 0 Å². The van der Waals surface area contributed by atoms with Crippen LogP contribution in [0.4, 0.5) is 10.1 Å². The molecule has 1 aliphatic rings. The van der Waals surface area contributed by atoms with Gasteiger partial charge in [0.05, 0.1) is 22.6 Å². The van der Waals surface area contributed by atoms with Crippen molar-refractivity contribution in [2.45, 2.75) is 25.1 Å². The third-order valence-corrected chi connectivity index (χ3v) is 6.46. The maximum absolute atomic E-state index is 13.0. The fourth-order valence-electron chi connectivity index (χ4n) is 3.55. The zero-order chi connectivity index (χ0) is 22.9. The van der Waals surface area contributed by atoms with Crippen LogP contribution < -0.4 is 5.32 Å². The Morgan fingerprint density at radius 3 is 2.50 bits per heavy atom. The molecule has 2 aromatic carbocycles. The largest absolute Gasteiger partial charge is 0.340 e. The lowest BCUT2D eigenvalue weighted by molar-refractivity contribution is -0.130. The Balaban J connectivity index is 1.43. The van der Waals surface area contributed by atoms with Crippen LogP contribution in [0.1, 0.15) is 24.5 Å². The normalized spacial score (nSPS) is 15.5. The van der Waals surface area contributed by atoms with Crippen LogP contribution in [0.3, 0.4) is 0 Å². The van der Waals surface area contributed by atoms with E-state index in [-0.39, 0.29) is 28.6 Å². The Morgan fingerprint density at radius 2 is 1.81 bits per heavy atom. The molecular weight excluding hydrogens is 427 g/mol. The molecule has 2 amide bonds. The molecular formula is C24H27FN4O2S. The van der Waals surface area contributed by atoms with Crippen molar-refractivity contribution in [2.24, 2.45) is 0 Å². The van der Waals surface area contributed by atoms with Gasteiger partial charge in [0.1, 0.15) is 5.82 Å². The van der Waals surface area contributed by atoms with Crippen molar-refractivity contribution >= 4 is 29.3 Å². The standard InChI is InChI=1S/C24H27FN4O2S/c1-18(32-17-23(30)27-22-9-7-21(25)8-10-22)24(31)29-12-2-11-28(13-14-29)16-20-5-3-19(15-26)4-6-20/h3-10,18H,2,11-14,16-17H2,1H3,(H,27,30). The molecule has 1 saturated heterocycles. The molecule has 1 aliphatic heterocycles. The van der Waals surface area contributed by atoms with Crippen molar-refractivity contribution in [1.82, 2.24) is 9.80 Å². The van der Waals surface area contributed by atoms with E-state index in [1.807, 2.05) is 36.1 Å². The Hall–Kier alpha value is -2.89. The molecule has 8 heteroatoms. The minimum absolute atomic E-state index is 0.0461. The fraction of sp³-hybridized carbons (Fsp3) is 0.375. The maximum atomic E-state index is 13.0. The maximum Gasteiger partial charge on any atom is 0.235 e. The van der Waals surface area contributed by atoms with Gasteiger partial charge in [0.2, 0.25) is 11.8 Å². The zero-order valence-corrected chi connectivity index (χ0v) is 18.9. The molecule has 0 aliphatic carbocycles. The minimum atomic E-state index is -0.357. The van der Waals surface area contributed by atoms with E-state index >= 15 is 0 Å². The quantitative estimate of drug-likeness (QED) is 0.693. The van der Waals surface area contributed by atoms with Gasteiger partial charge in [-0.2, -0.15) is 5.26 Å². The third-order valence-electron chi connectivity index (χ3n) is 5.33. The third kappa shape index (κ3) is 7.08. The number of thioether (sulfide) groups is 1. The minimum Gasteiger partial charge on any atom is -0.340 e. The van der Waals surface area contributed by atoms with E-state index in [1.54, 1.807) is 0 Å². The number of hydrogen-bond acceptors (Lipinski definition) is 5. The summed E-state index contributed by atoms with van der Waals surface area (Å²) in [6.45, 7) is 5.68. The van der Waals surface area contributed by atoms with Gasteiger partial charge in [-0.25, -0.2) is 4.39 Å². The lowest BCUT2D eigenvalue weighted by Gasteiger charge is -2.24. The monoisotopic (exact) mass is 454 g/mol. The summed E-state index contributed by atoms with van der Waals surface area (Å²) in [5.74, 6) is -0.372. The summed E-state index contributed by atoms with van der Waals surface area (Å²) in [5.41, 5.74) is 2.34. The number of nitriles is 1. The van der Waals surface area contributed by atoms with Crippen molar-refractivity contribution in [3.8, 4) is 6.07 Å². The lowest BCUT2D eigenvalue weighted by atomic mass is 10.1. The first-order valence-electron chi connectivity index (χ1n) is 10.6. The zero-order valence-electron chi connectivity index (χ0n) is 18.1. The molecule has 1 N–H and O–H groups in total. The van der Waals surface area contributed by atoms with Crippen molar-refractivity contribution in [3.05, 3.63) is 65.5 Å². The summed E-state index contributed by atoms with van der Waals surface area (Å²) >= 11 is 1.31. The topological polar surface area (TPSA) is 76.4 Å². The number of nitrogens with one attached hydrogen (secondary N) is 1. The Bertz CT molecular complexity index is 959. The first kappa shape index (κ1) is 23.8. The average molecular weight is 455 g/mol. The number of rotatable bonds is 7. The smallest absolute Gasteiger partial charge is 0.235 e. The van der Waals surface area contributed by atoms with E-state index in [4.69, 9.17) is 5.26 Å². The summed E-state index contributed by atoms with van der Waals surface area (Å²) in [6, 6.07) is 15.3. The highest BCUT2D eigenvalue weighted by atomic mass is 32.2. The van der Waals surface area contributed by atoms with E-state index in [0.717, 1.165) is 31.6 Å². The van der Waals surface area contributed by atoms with Crippen LogP contribution in [-0.4, -0.2) is 58.8 Å². The molecule has 6 nitrogen and oxygen atoms in total. The van der Waals surface area contributed by atoms with Gasteiger partial charge in [0.15, 0.2) is 0 Å². The van der Waals surface area contributed by atoms with Crippen LogP contribution >= 0.6 is 11.8 Å². The van der Waals surface area contributed by atoms with Crippen LogP contribution in [0.5, 0.6) is 0 Å². The number of hydrogen-bond donors (Lipinski definition) is 1. The van der Waals surface area contributed by atoms with Gasteiger partial charge in [0.25, 0.3) is 0 Å². The molecule has 3 rings (SSSR count). The van der Waals surface area contributed by atoms with Crippen LogP contribution in [0, 0.1) is 17.1 Å². The molecule has 1 unspecified atom stereocenters. The molecule has 0 spiro atoms. The highest BCUT2D eigenvalue weighted by molar-refractivity contribution is 8.01. The summed E-state index contributed by atoms with van der Waals surface area (Å²) in [5, 5.41) is 11.3. The number of halogens is 1. The molecule has 32 heavy (non-hydrogen) atoms. The summed E-state index contributed by atoms with van der Waals surface area (Å²) < 4.78 is 13.0. The van der Waals surface area contributed by atoms with Gasteiger partial charge < -0.3 is 10.2 Å². The van der Waals surface area contributed by atoms with Crippen LogP contribution in [-0.2, 0) is 16.1 Å². The van der Waals surface area contributed by atoms with Gasteiger partial charge in [-0.05, 0) is 55.3 Å². The molecule has 2 aromatic rings. The molecule has 168 valence electrons. The summed E-state index contributed by atoms with van der Waals surface area (Å²) in [6.07, 6.45) is 0.893. The Kier molecular flexibility index (Phi) is 8.65. The molecule has 1 atom stereocenters. The van der Waals surface area contributed by atoms with Crippen LogP contribution in [0.15, 0.2) is 48.5 Å². The van der Waals surface area contributed by atoms with Gasteiger partial charge >= 0.3 is 0 Å². The number of carbonyl (C=O) groups is 2. The van der Waals surface area contributed by atoms with Crippen LogP contribution in [0.25, 0.3) is 0 Å². The predicted octanol–water partition coefficient (Wildman–Crippen LogP) is 3.49. The van der Waals surface area contributed by atoms with E-state index in [9.17, 15) is 14.0 Å². The predicted molar refractivity (Wildman–Crippen MR) is 125 cm³/mol. The van der Waals surface area contributed by atoms with E-state index in [1.165, 1.54) is 36.0 Å². The Morgan fingerprint density at radius 1 is 1.09 bits per heavy atom. The molecule has 0 aromatic heterocycles. The summed E-state index contributed by atoms with van der Waals surface area (Å²) in [4.78, 5) is 29.2. The van der Waals surface area contributed by atoms with Crippen molar-refractivity contribution in [1.29, 1.82) is 5.26 Å². The van der Waals surface area contributed by atoms with Crippen molar-refractivity contribution < 1.29 is 14.0 Å². The van der Waals surface area contributed by atoms with Gasteiger partial charge in [-0.1, -0.05) is 12.1 Å². The molecule has 0 saturated carbocycles. The van der Waals surface area contributed by atoms with Gasteiger partial charge in [-0.3, -0.25) is 14.5 Å². The number of nitrogens with zero attached hydrogens (tertiary/aromatic N) is 3. The lowest BCUT2D eigenvalue weighted by Crippen LogP contribution is -2.39. The summed E-state index contributed by atoms with van der Waals surface area (Å²) in [7, 11) is 0. The van der Waals surface area contributed by atoms with Gasteiger partial charge in [-0.15, -0.1) is 11.8 Å². The number of anilines is 1. The first-order valence-corrected chi connectivity index (χ1v) is 11.7. The average Bonchev–Trinajstić information content (AvgIpc) is 3.04. The van der Waals surface area contributed by atoms with E-state index in [2.05, 4.69) is 16.3 Å². The van der Waals surface area contributed by atoms with Crippen LogP contribution in [0.2, 0.25) is 0 Å². The first-order chi connectivity index (χ1) is 15.4. The number of carbonyl (C=O) groups excluding carboxylic acids is 2. The molecule has 1 fully saturated rings. The van der Waals surface area contributed by atoms with Gasteiger partial charge in [0, 0.05) is 38.4 Å². The highest BCUT2D eigenvalue weighted by Gasteiger charge is 2.24. The molecule has 0 bridgehead atoms. The second-order valence-electron chi connectivity index (χ2n) is 7.77. The van der Waals surface area contributed by atoms with E-state index in [0.29, 0.717) is 24.3 Å². The second kappa shape index (κ2) is 11.7. The van der Waals surface area contributed by atoms with Crippen molar-refractivity contribution in [3.63, 3.8) is 0 Å². The fourth-order valence-corrected chi connectivity index (χ4v) is 4.32. The number of benzene rings is 2. The molecule has 1 heterocycles. The SMILES string of the molecule is CC(SCC(=O)Nc1ccc(F)cc1)C(=O)N1CCCN(Cc2ccc(C#N)cc2)CC1. The molecule has 0 radical (unpaired) electrons.